The number of fused-ring (bicyclic) bond motifs is 1. The van der Waals surface area contributed by atoms with Gasteiger partial charge in [-0.3, -0.25) is 14.5 Å². The van der Waals surface area contributed by atoms with Crippen LogP contribution >= 0.6 is 0 Å². The maximum atomic E-state index is 13.0. The van der Waals surface area contributed by atoms with Crippen LogP contribution < -0.4 is 0 Å². The third-order valence-electron chi connectivity index (χ3n) is 5.43. The Hall–Kier alpha value is -1.88. The Bertz CT molecular complexity index is 617. The molecule has 0 saturated carbocycles. The molecule has 0 aromatic heterocycles. The summed E-state index contributed by atoms with van der Waals surface area (Å²) in [4.78, 5) is 31.7. The van der Waals surface area contributed by atoms with Crippen LogP contribution in [0.4, 0.5) is 0 Å². The first-order valence-electron chi connectivity index (χ1n) is 9.31. The van der Waals surface area contributed by atoms with Gasteiger partial charge < -0.3 is 9.80 Å². The van der Waals surface area contributed by atoms with E-state index in [1.165, 1.54) is 0 Å². The maximum Gasteiger partial charge on any atom is 0.247 e. The van der Waals surface area contributed by atoms with Crippen molar-refractivity contribution in [2.75, 3.05) is 33.2 Å². The second-order valence-corrected chi connectivity index (χ2v) is 7.69. The molecule has 0 bridgehead atoms. The zero-order valence-corrected chi connectivity index (χ0v) is 15.5. The molecule has 25 heavy (non-hydrogen) atoms. The molecule has 3 rings (SSSR count). The van der Waals surface area contributed by atoms with Crippen molar-refractivity contribution in [3.05, 3.63) is 35.9 Å². The number of hydrogen-bond donors (Lipinski definition) is 0. The molecule has 2 atom stereocenters. The van der Waals surface area contributed by atoms with Gasteiger partial charge in [0.05, 0.1) is 0 Å². The van der Waals surface area contributed by atoms with Crippen molar-refractivity contribution in [2.24, 2.45) is 5.92 Å². The van der Waals surface area contributed by atoms with Crippen LogP contribution in [0, 0.1) is 5.92 Å². The monoisotopic (exact) mass is 343 g/mol. The van der Waals surface area contributed by atoms with E-state index < -0.39 is 0 Å². The average Bonchev–Trinajstić information content (AvgIpc) is 2.62. The lowest BCUT2D eigenvalue weighted by Gasteiger charge is -2.48. The third-order valence-corrected chi connectivity index (χ3v) is 5.43. The van der Waals surface area contributed by atoms with E-state index in [4.69, 9.17) is 0 Å². The van der Waals surface area contributed by atoms with E-state index in [0.717, 1.165) is 25.1 Å². The van der Waals surface area contributed by atoms with Gasteiger partial charge in [0, 0.05) is 33.1 Å². The Morgan fingerprint density at radius 3 is 2.48 bits per heavy atom. The van der Waals surface area contributed by atoms with Crippen molar-refractivity contribution < 1.29 is 9.59 Å². The van der Waals surface area contributed by atoms with Crippen LogP contribution in [0.2, 0.25) is 0 Å². The van der Waals surface area contributed by atoms with Crippen LogP contribution in [0.15, 0.2) is 30.3 Å². The predicted octanol–water partition coefficient (Wildman–Crippen LogP) is 1.63. The van der Waals surface area contributed by atoms with Crippen molar-refractivity contribution >= 4 is 11.8 Å². The highest BCUT2D eigenvalue weighted by molar-refractivity contribution is 5.97. The number of amides is 2. The van der Waals surface area contributed by atoms with Gasteiger partial charge in [-0.1, -0.05) is 44.2 Å². The topological polar surface area (TPSA) is 43.9 Å². The highest BCUT2D eigenvalue weighted by Gasteiger charge is 2.46. The highest BCUT2D eigenvalue weighted by atomic mass is 16.2. The molecule has 5 heteroatoms. The molecule has 0 aliphatic carbocycles. The number of carbonyl (C=O) groups excluding carboxylic acids is 2. The number of piperazine rings is 2. The van der Waals surface area contributed by atoms with E-state index >= 15 is 0 Å². The largest absolute Gasteiger partial charge is 0.332 e. The van der Waals surface area contributed by atoms with E-state index in [0.29, 0.717) is 25.4 Å². The Labute approximate surface area is 150 Å². The lowest BCUT2D eigenvalue weighted by atomic mass is 9.97. The van der Waals surface area contributed by atoms with Gasteiger partial charge in [-0.25, -0.2) is 0 Å². The molecule has 1 aromatic carbocycles. The minimum absolute atomic E-state index is 0.0785. The normalized spacial score (nSPS) is 24.8. The van der Waals surface area contributed by atoms with E-state index in [-0.39, 0.29) is 23.9 Å². The Morgan fingerprint density at radius 2 is 1.80 bits per heavy atom. The number of carbonyl (C=O) groups is 2. The van der Waals surface area contributed by atoms with Crippen molar-refractivity contribution in [3.63, 3.8) is 0 Å². The number of hydrogen-bond acceptors (Lipinski definition) is 3. The molecule has 2 fully saturated rings. The van der Waals surface area contributed by atoms with E-state index in [2.05, 4.69) is 18.7 Å². The van der Waals surface area contributed by atoms with Gasteiger partial charge in [-0.2, -0.15) is 0 Å². The van der Waals surface area contributed by atoms with Crippen LogP contribution in [0.3, 0.4) is 0 Å². The summed E-state index contributed by atoms with van der Waals surface area (Å²) in [5.74, 6) is 0.828. The van der Waals surface area contributed by atoms with Gasteiger partial charge in [-0.15, -0.1) is 0 Å². The molecule has 0 spiro atoms. The third kappa shape index (κ3) is 3.87. The fourth-order valence-corrected chi connectivity index (χ4v) is 3.77. The molecule has 1 aromatic rings. The summed E-state index contributed by atoms with van der Waals surface area (Å²) in [5.41, 5.74) is 1.09. The molecule has 0 N–H and O–H groups in total. The summed E-state index contributed by atoms with van der Waals surface area (Å²) >= 11 is 0. The van der Waals surface area contributed by atoms with Crippen LogP contribution in [-0.4, -0.2) is 71.8 Å². The average molecular weight is 343 g/mol. The summed E-state index contributed by atoms with van der Waals surface area (Å²) in [5, 5.41) is 0. The van der Waals surface area contributed by atoms with Crippen molar-refractivity contribution in [1.82, 2.24) is 14.7 Å². The van der Waals surface area contributed by atoms with Gasteiger partial charge in [0.25, 0.3) is 0 Å². The summed E-state index contributed by atoms with van der Waals surface area (Å²) in [6, 6.07) is 9.25. The molecule has 0 unspecified atom stereocenters. The molecule has 2 aliphatic heterocycles. The van der Waals surface area contributed by atoms with Gasteiger partial charge in [-0.05, 0) is 24.4 Å². The van der Waals surface area contributed by atoms with Gasteiger partial charge in [0.2, 0.25) is 11.8 Å². The van der Waals surface area contributed by atoms with E-state index in [1.54, 1.807) is 11.9 Å². The van der Waals surface area contributed by atoms with Gasteiger partial charge in [0.15, 0.2) is 0 Å². The molecule has 5 nitrogen and oxygen atoms in total. The highest BCUT2D eigenvalue weighted by Crippen LogP contribution is 2.23. The maximum absolute atomic E-state index is 13.0. The zero-order chi connectivity index (χ0) is 18.0. The molecule has 2 aliphatic rings. The molecular weight excluding hydrogens is 314 g/mol. The van der Waals surface area contributed by atoms with Crippen LogP contribution in [0.1, 0.15) is 25.8 Å². The Morgan fingerprint density at radius 1 is 1.08 bits per heavy atom. The number of benzene rings is 1. The van der Waals surface area contributed by atoms with Crippen LogP contribution in [0.5, 0.6) is 0 Å². The van der Waals surface area contributed by atoms with Crippen molar-refractivity contribution in [3.8, 4) is 0 Å². The predicted molar refractivity (Wildman–Crippen MR) is 98.1 cm³/mol. The number of nitrogens with zero attached hydrogens (tertiary/aromatic N) is 3. The first kappa shape index (κ1) is 17.9. The van der Waals surface area contributed by atoms with E-state index in [1.807, 2.05) is 35.2 Å². The second kappa shape index (κ2) is 7.56. The number of likely N-dealkylation sites (N-methyl/N-ethyl adjacent to an activating group) is 1. The minimum atomic E-state index is -0.381. The first-order valence-corrected chi connectivity index (χ1v) is 9.31. The van der Waals surface area contributed by atoms with Gasteiger partial charge >= 0.3 is 0 Å². The lowest BCUT2D eigenvalue weighted by molar-refractivity contribution is -0.163. The molecule has 2 heterocycles. The zero-order valence-electron chi connectivity index (χ0n) is 15.5. The summed E-state index contributed by atoms with van der Waals surface area (Å²) < 4.78 is 0. The summed E-state index contributed by atoms with van der Waals surface area (Å²) in [7, 11) is 1.78. The molecule has 0 radical (unpaired) electrons. The molecule has 136 valence electrons. The summed E-state index contributed by atoms with van der Waals surface area (Å²) in [6.07, 6.45) is 1.71. The standard InChI is InChI=1S/C20H29N3O2/c1-15(2)9-10-22-11-12-23-18(14-22)19(24)21(3)17(20(23)25)13-16-7-5-4-6-8-16/h4-8,15,17-18H,9-14H2,1-3H3/t17-,18+/m0/s1. The Kier molecular flexibility index (Phi) is 5.42. The fraction of sp³-hybridized carbons (Fsp3) is 0.600. The number of rotatable bonds is 5. The lowest BCUT2D eigenvalue weighted by Crippen LogP contribution is -2.69. The molecular formula is C20H29N3O2. The molecule has 2 amide bonds. The van der Waals surface area contributed by atoms with Gasteiger partial charge in [0.1, 0.15) is 12.1 Å². The second-order valence-electron chi connectivity index (χ2n) is 7.69. The van der Waals surface area contributed by atoms with E-state index in [9.17, 15) is 9.59 Å². The molecule has 2 saturated heterocycles. The van der Waals surface area contributed by atoms with Crippen molar-refractivity contribution in [1.29, 1.82) is 0 Å². The fourth-order valence-electron chi connectivity index (χ4n) is 3.77. The first-order chi connectivity index (χ1) is 12.0. The van der Waals surface area contributed by atoms with Crippen molar-refractivity contribution in [2.45, 2.75) is 38.8 Å². The Balaban J connectivity index is 1.69. The quantitative estimate of drug-likeness (QED) is 0.816. The van der Waals surface area contributed by atoms with Crippen LogP contribution in [0.25, 0.3) is 0 Å². The minimum Gasteiger partial charge on any atom is -0.332 e. The smallest absolute Gasteiger partial charge is 0.247 e. The van der Waals surface area contributed by atoms with Crippen LogP contribution in [-0.2, 0) is 16.0 Å². The SMILES string of the molecule is CC(C)CCN1CCN2C(=O)[C@H](Cc3ccccc3)N(C)C(=O)[C@H]2C1. The summed E-state index contributed by atoms with van der Waals surface area (Å²) in [6.45, 7) is 7.62.